The molecule has 9 atom stereocenters. The van der Waals surface area contributed by atoms with Gasteiger partial charge in [-0.2, -0.15) is 0 Å². The number of rotatable bonds is 10. The molecule has 2 N–H and O–H groups in total. The van der Waals surface area contributed by atoms with E-state index in [4.69, 9.17) is 47.4 Å². The first-order valence-corrected chi connectivity index (χ1v) is 18.1. The monoisotopic (exact) mass is 830 g/mol. The second kappa shape index (κ2) is 18.1. The third kappa shape index (κ3) is 9.89. The third-order valence-corrected chi connectivity index (χ3v) is 9.17. The molecule has 0 aliphatic carbocycles. The number of aromatic hydroxyl groups is 2. The average Bonchev–Trinajstić information content (AvgIpc) is 3.11. The van der Waals surface area contributed by atoms with E-state index in [2.05, 4.69) is 0 Å². The average molecular weight is 831 g/mol. The van der Waals surface area contributed by atoms with Crippen molar-refractivity contribution < 1.29 is 95.9 Å². The van der Waals surface area contributed by atoms with Crippen LogP contribution in [0, 0.1) is 0 Å². The number of Topliss-reactive ketones (excluding diaryl/α,β-unsaturated/α-hetero) is 1. The van der Waals surface area contributed by atoms with Crippen LogP contribution in [0.5, 0.6) is 23.0 Å². The summed E-state index contributed by atoms with van der Waals surface area (Å²) in [7, 11) is 0. The van der Waals surface area contributed by atoms with Crippen molar-refractivity contribution in [3.8, 4) is 23.0 Å². The summed E-state index contributed by atoms with van der Waals surface area (Å²) in [4.78, 5) is 99.9. The number of carbonyl (C=O) groups is 8. The zero-order valence-corrected chi connectivity index (χ0v) is 32.9. The van der Waals surface area contributed by atoms with Crippen LogP contribution >= 0.6 is 0 Å². The van der Waals surface area contributed by atoms with Crippen molar-refractivity contribution in [2.75, 3.05) is 13.2 Å². The molecule has 20 nitrogen and oxygen atoms in total. The van der Waals surface area contributed by atoms with E-state index in [1.54, 1.807) is 0 Å². The lowest BCUT2D eigenvalue weighted by Gasteiger charge is -2.43. The van der Waals surface area contributed by atoms with Gasteiger partial charge in [0, 0.05) is 48.5 Å². The highest BCUT2D eigenvalue weighted by Crippen LogP contribution is 2.56. The fourth-order valence-electron chi connectivity index (χ4n) is 7.19. The lowest BCUT2D eigenvalue weighted by Crippen LogP contribution is -2.55. The Morgan fingerprint density at radius 3 is 1.41 bits per heavy atom. The molecular formula is C39H42O20. The maximum absolute atomic E-state index is 14.3. The van der Waals surface area contributed by atoms with E-state index < -0.39 is 156 Å². The van der Waals surface area contributed by atoms with Crippen LogP contribution in [0.1, 0.15) is 100 Å². The van der Waals surface area contributed by atoms with Crippen LogP contribution in [0.3, 0.4) is 0 Å². The molecule has 2 saturated heterocycles. The van der Waals surface area contributed by atoms with Crippen LogP contribution in [0.25, 0.3) is 0 Å². The normalized spacial score (nSPS) is 26.2. The van der Waals surface area contributed by atoms with Gasteiger partial charge in [0.25, 0.3) is 0 Å². The quantitative estimate of drug-likeness (QED) is 0.198. The SMILES string of the molecule is CC(=O)Oc1ccc(C2CC(=O)c3c(O)c([C@@H]4OC[C@@H](OC(C)=O)[C@H](OC(C)=O)[C@H]4OC(C)=O)c(O)c([C@@H]4OC[C@H](OC(C)=O)[C@H](OC(C)=O)[C@H]4OC(C)=O)c3O2)cc1. The summed E-state index contributed by atoms with van der Waals surface area (Å²) < 4.78 is 56.3. The molecular weight excluding hydrogens is 788 g/mol. The van der Waals surface area contributed by atoms with Gasteiger partial charge in [0.05, 0.1) is 30.8 Å². The minimum Gasteiger partial charge on any atom is -0.507 e. The van der Waals surface area contributed by atoms with Crippen LogP contribution in [-0.2, 0) is 71.5 Å². The standard InChI is InChI=1S/C39H42O20/c1-15(40)52-23-10-8-22(9-11-23)25-12-24(47)28-31(48)29(36-38(57-20(6)45)33(55-18(4)43)26(13-50-36)53-16(2)41)32(49)30(35(28)59-25)37-39(58-21(7)46)34(56-19(5)44)27(14-51-37)54-17(3)42/h8-11,25-27,33-34,36-39,48-49H,12-14H2,1-7H3/t25?,26-,27+,33+,34+,36+,37+,38-,39-/m1/s1. The fourth-order valence-corrected chi connectivity index (χ4v) is 7.19. The molecule has 2 aromatic rings. The maximum atomic E-state index is 14.3. The van der Waals surface area contributed by atoms with Crippen molar-refractivity contribution in [2.24, 2.45) is 0 Å². The summed E-state index contributed by atoms with van der Waals surface area (Å²) in [6.45, 7) is 6.32. The number of hydrogen-bond donors (Lipinski definition) is 2. The minimum atomic E-state index is -1.78. The molecule has 3 heterocycles. The number of phenols is 2. The molecule has 2 aromatic carbocycles. The second-order valence-electron chi connectivity index (χ2n) is 13.7. The number of carbonyl (C=O) groups excluding carboxylic acids is 8. The third-order valence-electron chi connectivity index (χ3n) is 9.17. The molecule has 59 heavy (non-hydrogen) atoms. The van der Waals surface area contributed by atoms with Gasteiger partial charge >= 0.3 is 41.8 Å². The summed E-state index contributed by atoms with van der Waals surface area (Å²) in [5.74, 6) is -8.90. The molecule has 3 aliphatic rings. The van der Waals surface area contributed by atoms with E-state index >= 15 is 0 Å². The predicted octanol–water partition coefficient (Wildman–Crippen LogP) is 2.46. The lowest BCUT2D eigenvalue weighted by atomic mass is 9.83. The van der Waals surface area contributed by atoms with E-state index in [0.29, 0.717) is 5.56 Å². The van der Waals surface area contributed by atoms with Gasteiger partial charge in [-0.15, -0.1) is 0 Å². The fraction of sp³-hybridized carbons (Fsp3) is 0.487. The van der Waals surface area contributed by atoms with Gasteiger partial charge in [-0.05, 0) is 17.7 Å². The van der Waals surface area contributed by atoms with E-state index in [0.717, 1.165) is 41.5 Å². The van der Waals surface area contributed by atoms with Crippen molar-refractivity contribution in [1.82, 2.24) is 0 Å². The molecule has 0 aromatic heterocycles. The molecule has 0 radical (unpaired) electrons. The van der Waals surface area contributed by atoms with Crippen LogP contribution in [0.4, 0.5) is 0 Å². The number of ketones is 1. The Hall–Kier alpha value is -6.28. The number of ether oxygens (including phenoxy) is 10. The van der Waals surface area contributed by atoms with E-state index in [1.165, 1.54) is 31.2 Å². The van der Waals surface area contributed by atoms with E-state index in [9.17, 15) is 48.6 Å². The minimum absolute atomic E-state index is 0.181. The Labute approximate surface area is 335 Å². The van der Waals surface area contributed by atoms with Gasteiger partial charge in [0.15, 0.2) is 42.4 Å². The van der Waals surface area contributed by atoms with E-state index in [-0.39, 0.29) is 5.75 Å². The van der Waals surface area contributed by atoms with E-state index in [1.807, 2.05) is 0 Å². The van der Waals surface area contributed by atoms with Crippen LogP contribution in [0.2, 0.25) is 0 Å². The van der Waals surface area contributed by atoms with Crippen LogP contribution < -0.4 is 9.47 Å². The van der Waals surface area contributed by atoms with Crippen molar-refractivity contribution in [2.45, 2.75) is 110 Å². The summed E-state index contributed by atoms with van der Waals surface area (Å²) in [5.41, 5.74) is -1.27. The van der Waals surface area contributed by atoms with Crippen LogP contribution in [-0.4, -0.2) is 108 Å². The van der Waals surface area contributed by atoms with Crippen molar-refractivity contribution in [3.05, 3.63) is 46.5 Å². The Balaban J connectivity index is 1.77. The summed E-state index contributed by atoms with van der Waals surface area (Å²) >= 11 is 0. The highest BCUT2D eigenvalue weighted by molar-refractivity contribution is 6.04. The molecule has 1 unspecified atom stereocenters. The molecule has 3 aliphatic heterocycles. The largest absolute Gasteiger partial charge is 0.507 e. The topological polar surface area (TPSA) is 269 Å². The Kier molecular flexibility index (Phi) is 13.5. The number of phenolic OH excluding ortho intramolecular Hbond substituents is 2. The molecule has 20 heteroatoms. The van der Waals surface area contributed by atoms with Gasteiger partial charge in [0.1, 0.15) is 46.9 Å². The van der Waals surface area contributed by atoms with Crippen molar-refractivity contribution in [3.63, 3.8) is 0 Å². The molecule has 0 bridgehead atoms. The Morgan fingerprint density at radius 1 is 0.559 bits per heavy atom. The number of esters is 7. The maximum Gasteiger partial charge on any atom is 0.308 e. The van der Waals surface area contributed by atoms with Gasteiger partial charge in [-0.1, -0.05) is 12.1 Å². The molecule has 318 valence electrons. The Morgan fingerprint density at radius 2 is 0.983 bits per heavy atom. The summed E-state index contributed by atoms with van der Waals surface area (Å²) in [6, 6.07) is 5.89. The molecule has 2 fully saturated rings. The van der Waals surface area contributed by atoms with Crippen LogP contribution in [0.15, 0.2) is 24.3 Å². The zero-order chi connectivity index (χ0) is 43.5. The number of fused-ring (bicyclic) bond motifs is 1. The van der Waals surface area contributed by atoms with Gasteiger partial charge in [-0.3, -0.25) is 38.4 Å². The Bertz CT molecular complexity index is 2020. The smallest absolute Gasteiger partial charge is 0.308 e. The molecule has 5 rings (SSSR count). The molecule has 0 spiro atoms. The molecule has 0 saturated carbocycles. The zero-order valence-electron chi connectivity index (χ0n) is 32.9. The van der Waals surface area contributed by atoms with Crippen molar-refractivity contribution in [1.29, 1.82) is 0 Å². The first-order chi connectivity index (χ1) is 27.8. The lowest BCUT2D eigenvalue weighted by molar-refractivity contribution is -0.228. The summed E-state index contributed by atoms with van der Waals surface area (Å²) in [6.07, 6.45) is -14.5. The van der Waals surface area contributed by atoms with Gasteiger partial charge in [0.2, 0.25) is 0 Å². The first kappa shape index (κ1) is 43.8. The highest BCUT2D eigenvalue weighted by Gasteiger charge is 2.54. The second-order valence-corrected chi connectivity index (χ2v) is 13.7. The van der Waals surface area contributed by atoms with Crippen molar-refractivity contribution >= 4 is 47.6 Å². The molecule has 0 amide bonds. The highest BCUT2D eigenvalue weighted by atomic mass is 16.7. The number of benzene rings is 2. The van der Waals surface area contributed by atoms with Gasteiger partial charge in [-0.25, -0.2) is 0 Å². The predicted molar refractivity (Wildman–Crippen MR) is 191 cm³/mol. The first-order valence-electron chi connectivity index (χ1n) is 18.1. The van der Waals surface area contributed by atoms with Gasteiger partial charge < -0.3 is 57.6 Å². The summed E-state index contributed by atoms with van der Waals surface area (Å²) in [5, 5.41) is 24.4. The number of hydrogen-bond acceptors (Lipinski definition) is 20.